The van der Waals surface area contributed by atoms with Crippen molar-refractivity contribution in [2.45, 2.75) is 27.2 Å². The van der Waals surface area contributed by atoms with Gasteiger partial charge in [-0.1, -0.05) is 13.8 Å². The molecule has 0 bridgehead atoms. The van der Waals surface area contributed by atoms with Gasteiger partial charge in [0.25, 0.3) is 0 Å². The average Bonchev–Trinajstić information content (AvgIpc) is 2.64. The van der Waals surface area contributed by atoms with Gasteiger partial charge in [-0.05, 0) is 37.9 Å². The van der Waals surface area contributed by atoms with Gasteiger partial charge < -0.3 is 9.80 Å². The van der Waals surface area contributed by atoms with E-state index in [4.69, 9.17) is 0 Å². The van der Waals surface area contributed by atoms with Crippen molar-refractivity contribution in [2.24, 2.45) is 5.92 Å². The van der Waals surface area contributed by atoms with E-state index in [-0.39, 0.29) is 5.78 Å². The highest BCUT2D eigenvalue weighted by Crippen LogP contribution is 2.15. The Bertz CT molecular complexity index is 442. The molecule has 1 aromatic rings. The fourth-order valence-electron chi connectivity index (χ4n) is 2.68. The molecule has 20 heavy (non-hydrogen) atoms. The molecule has 0 amide bonds. The van der Waals surface area contributed by atoms with Gasteiger partial charge in [0.15, 0.2) is 5.78 Å². The van der Waals surface area contributed by atoms with Gasteiger partial charge in [-0.25, -0.2) is 4.98 Å². The predicted molar refractivity (Wildman–Crippen MR) is 82.3 cm³/mol. The Morgan fingerprint density at radius 2 is 2.05 bits per heavy atom. The third-order valence-electron chi connectivity index (χ3n) is 3.69. The van der Waals surface area contributed by atoms with Crippen molar-refractivity contribution in [1.82, 2.24) is 9.88 Å². The molecule has 1 aliphatic heterocycles. The van der Waals surface area contributed by atoms with Crippen LogP contribution in [0.4, 0.5) is 5.82 Å². The van der Waals surface area contributed by atoms with Crippen LogP contribution in [0, 0.1) is 5.92 Å². The van der Waals surface area contributed by atoms with Crippen molar-refractivity contribution in [3.63, 3.8) is 0 Å². The zero-order valence-electron chi connectivity index (χ0n) is 12.8. The van der Waals surface area contributed by atoms with Crippen molar-refractivity contribution in [3.05, 3.63) is 23.9 Å². The lowest BCUT2D eigenvalue weighted by Gasteiger charge is -2.23. The maximum absolute atomic E-state index is 11.3. The molecule has 2 rings (SSSR count). The largest absolute Gasteiger partial charge is 0.355 e. The quantitative estimate of drug-likeness (QED) is 0.791. The van der Waals surface area contributed by atoms with Gasteiger partial charge in [0.05, 0.1) is 0 Å². The molecule has 0 N–H and O–H groups in total. The second-order valence-corrected chi connectivity index (χ2v) is 6.00. The molecule has 2 heterocycles. The fourth-order valence-corrected chi connectivity index (χ4v) is 2.68. The minimum absolute atomic E-state index is 0.0722. The van der Waals surface area contributed by atoms with Crippen molar-refractivity contribution >= 4 is 11.6 Å². The number of hydrogen-bond donors (Lipinski definition) is 0. The zero-order valence-corrected chi connectivity index (χ0v) is 12.8. The molecule has 0 unspecified atom stereocenters. The van der Waals surface area contributed by atoms with Gasteiger partial charge in [-0.3, -0.25) is 4.79 Å². The summed E-state index contributed by atoms with van der Waals surface area (Å²) in [5.74, 6) is 1.78. The summed E-state index contributed by atoms with van der Waals surface area (Å²) in [7, 11) is 0. The lowest BCUT2D eigenvalue weighted by molar-refractivity contribution is 0.101. The molecule has 0 radical (unpaired) electrons. The normalized spacial score (nSPS) is 17.3. The number of aromatic nitrogens is 1. The maximum atomic E-state index is 11.3. The predicted octanol–water partition coefficient (Wildman–Crippen LogP) is 2.45. The van der Waals surface area contributed by atoms with E-state index in [0.717, 1.165) is 31.4 Å². The Hall–Kier alpha value is -1.42. The van der Waals surface area contributed by atoms with Crippen LogP contribution in [0.2, 0.25) is 0 Å². The summed E-state index contributed by atoms with van der Waals surface area (Å²) in [6.07, 6.45) is 2.86. The van der Waals surface area contributed by atoms with Crippen LogP contribution >= 0.6 is 0 Å². The zero-order chi connectivity index (χ0) is 14.5. The first kappa shape index (κ1) is 15.0. The summed E-state index contributed by atoms with van der Waals surface area (Å²) in [6, 6.07) is 3.84. The SMILES string of the molecule is CC(=O)c1ccc(N2CCCN(CC(C)C)CC2)nc1. The Labute approximate surface area is 121 Å². The average molecular weight is 275 g/mol. The number of ketones is 1. The van der Waals surface area contributed by atoms with Crippen molar-refractivity contribution in [2.75, 3.05) is 37.6 Å². The van der Waals surface area contributed by atoms with Gasteiger partial charge >= 0.3 is 0 Å². The van der Waals surface area contributed by atoms with E-state index in [1.54, 1.807) is 13.1 Å². The molecule has 1 fully saturated rings. The number of carbonyl (C=O) groups excluding carboxylic acids is 1. The number of nitrogens with zero attached hydrogens (tertiary/aromatic N) is 3. The maximum Gasteiger partial charge on any atom is 0.161 e. The fraction of sp³-hybridized carbons (Fsp3) is 0.625. The number of carbonyl (C=O) groups is 1. The monoisotopic (exact) mass is 275 g/mol. The minimum atomic E-state index is 0.0722. The van der Waals surface area contributed by atoms with Crippen LogP contribution < -0.4 is 4.90 Å². The smallest absolute Gasteiger partial charge is 0.161 e. The third kappa shape index (κ3) is 4.04. The molecule has 1 aromatic heterocycles. The minimum Gasteiger partial charge on any atom is -0.355 e. The van der Waals surface area contributed by atoms with Gasteiger partial charge in [0.2, 0.25) is 0 Å². The highest BCUT2D eigenvalue weighted by molar-refractivity contribution is 5.93. The van der Waals surface area contributed by atoms with E-state index in [2.05, 4.69) is 28.6 Å². The Morgan fingerprint density at radius 1 is 1.25 bits per heavy atom. The molecule has 0 aromatic carbocycles. The highest BCUT2D eigenvalue weighted by atomic mass is 16.1. The molecular weight excluding hydrogens is 250 g/mol. The summed E-state index contributed by atoms with van der Waals surface area (Å²) in [6.45, 7) is 11.6. The van der Waals surface area contributed by atoms with Crippen LogP contribution in [-0.4, -0.2) is 48.4 Å². The van der Waals surface area contributed by atoms with E-state index < -0.39 is 0 Å². The number of hydrogen-bond acceptors (Lipinski definition) is 4. The Kier molecular flexibility index (Phi) is 5.12. The molecule has 0 aliphatic carbocycles. The van der Waals surface area contributed by atoms with Crippen LogP contribution in [0.5, 0.6) is 0 Å². The number of rotatable bonds is 4. The number of Topliss-reactive ketones (excluding diaryl/α,β-unsaturated/α-hetero) is 1. The highest BCUT2D eigenvalue weighted by Gasteiger charge is 2.16. The van der Waals surface area contributed by atoms with Gasteiger partial charge in [-0.15, -0.1) is 0 Å². The molecule has 1 saturated heterocycles. The standard InChI is InChI=1S/C16H25N3O/c1-13(2)12-18-7-4-8-19(10-9-18)16-6-5-15(11-17-16)14(3)20/h5-6,11,13H,4,7-10,12H2,1-3H3. The summed E-state index contributed by atoms with van der Waals surface area (Å²) in [5, 5.41) is 0. The van der Waals surface area contributed by atoms with Crippen LogP contribution in [0.1, 0.15) is 37.6 Å². The van der Waals surface area contributed by atoms with Crippen LogP contribution in [0.15, 0.2) is 18.3 Å². The van der Waals surface area contributed by atoms with Gasteiger partial charge in [0.1, 0.15) is 5.82 Å². The van der Waals surface area contributed by atoms with E-state index in [0.29, 0.717) is 5.56 Å². The Morgan fingerprint density at radius 3 is 2.65 bits per heavy atom. The molecular formula is C16H25N3O. The van der Waals surface area contributed by atoms with Crippen molar-refractivity contribution in [3.8, 4) is 0 Å². The van der Waals surface area contributed by atoms with E-state index in [9.17, 15) is 4.79 Å². The Balaban J connectivity index is 1.97. The summed E-state index contributed by atoms with van der Waals surface area (Å²) in [4.78, 5) is 20.6. The van der Waals surface area contributed by atoms with Gasteiger partial charge in [0, 0.05) is 37.9 Å². The van der Waals surface area contributed by atoms with Crippen LogP contribution in [0.25, 0.3) is 0 Å². The van der Waals surface area contributed by atoms with E-state index in [1.807, 2.05) is 12.1 Å². The first-order chi connectivity index (χ1) is 9.56. The number of anilines is 1. The molecule has 0 saturated carbocycles. The molecule has 0 spiro atoms. The van der Waals surface area contributed by atoms with Crippen LogP contribution in [-0.2, 0) is 0 Å². The van der Waals surface area contributed by atoms with E-state index in [1.165, 1.54) is 19.5 Å². The van der Waals surface area contributed by atoms with Crippen molar-refractivity contribution in [1.29, 1.82) is 0 Å². The molecule has 110 valence electrons. The second kappa shape index (κ2) is 6.84. The molecule has 4 heteroatoms. The summed E-state index contributed by atoms with van der Waals surface area (Å²) >= 11 is 0. The summed E-state index contributed by atoms with van der Waals surface area (Å²) in [5.41, 5.74) is 0.685. The molecule has 4 nitrogen and oxygen atoms in total. The van der Waals surface area contributed by atoms with Crippen LogP contribution in [0.3, 0.4) is 0 Å². The number of pyridine rings is 1. The topological polar surface area (TPSA) is 36.4 Å². The second-order valence-electron chi connectivity index (χ2n) is 6.00. The van der Waals surface area contributed by atoms with Gasteiger partial charge in [-0.2, -0.15) is 0 Å². The lowest BCUT2D eigenvalue weighted by atomic mass is 10.2. The first-order valence-electron chi connectivity index (χ1n) is 7.50. The third-order valence-corrected chi connectivity index (χ3v) is 3.69. The van der Waals surface area contributed by atoms with Crippen molar-refractivity contribution < 1.29 is 4.79 Å². The first-order valence-corrected chi connectivity index (χ1v) is 7.50. The molecule has 0 atom stereocenters. The lowest BCUT2D eigenvalue weighted by Crippen LogP contribution is -2.33. The summed E-state index contributed by atoms with van der Waals surface area (Å²) < 4.78 is 0. The van der Waals surface area contributed by atoms with E-state index >= 15 is 0 Å². The molecule has 1 aliphatic rings.